The number of benzene rings is 2. The summed E-state index contributed by atoms with van der Waals surface area (Å²) in [5, 5.41) is 25.5. The molecule has 0 spiro atoms. The summed E-state index contributed by atoms with van der Waals surface area (Å²) in [6.07, 6.45) is 0. The average Bonchev–Trinajstić information content (AvgIpc) is 2.84. The molecule has 1 saturated heterocycles. The van der Waals surface area contributed by atoms with Crippen LogP contribution in [-0.2, 0) is 0 Å². The molecule has 1 aromatic heterocycles. The fourth-order valence-electron chi connectivity index (χ4n) is 3.79. The molecule has 0 unspecified atom stereocenters. The Hall–Kier alpha value is -4.61. The van der Waals surface area contributed by atoms with Crippen LogP contribution in [0.4, 0.5) is 28.8 Å². The maximum absolute atomic E-state index is 13.0. The summed E-state index contributed by atoms with van der Waals surface area (Å²) >= 11 is 0. The van der Waals surface area contributed by atoms with E-state index in [2.05, 4.69) is 15.3 Å². The van der Waals surface area contributed by atoms with Crippen LogP contribution in [0.3, 0.4) is 0 Å². The normalized spacial score (nSPS) is 13.4. The van der Waals surface area contributed by atoms with Crippen molar-refractivity contribution >= 4 is 34.7 Å². The van der Waals surface area contributed by atoms with Gasteiger partial charge in [-0.25, -0.2) is 4.98 Å². The Morgan fingerprint density at radius 1 is 0.886 bits per heavy atom. The Balaban J connectivity index is 1.46. The van der Waals surface area contributed by atoms with Gasteiger partial charge in [-0.1, -0.05) is 17.7 Å². The summed E-state index contributed by atoms with van der Waals surface area (Å²) < 4.78 is 0. The van der Waals surface area contributed by atoms with Gasteiger partial charge in [-0.15, -0.1) is 0 Å². The number of carbonyl (C=O) groups is 1. The number of carbonyl (C=O) groups excluding carboxylic acids is 1. The van der Waals surface area contributed by atoms with Crippen molar-refractivity contribution < 1.29 is 14.6 Å². The van der Waals surface area contributed by atoms with Gasteiger partial charge in [0.1, 0.15) is 5.82 Å². The minimum Gasteiger partial charge on any atom is -0.353 e. The van der Waals surface area contributed by atoms with Crippen LogP contribution in [0.15, 0.2) is 48.5 Å². The van der Waals surface area contributed by atoms with Gasteiger partial charge in [0.15, 0.2) is 0 Å². The number of non-ortho nitro benzene ring substituents is 2. The third kappa shape index (κ3) is 5.49. The molecule has 0 atom stereocenters. The molecule has 35 heavy (non-hydrogen) atoms. The number of amides is 1. The number of nitrogens with one attached hydrogen (secondary N) is 1. The highest BCUT2D eigenvalue weighted by Gasteiger charge is 2.26. The number of nitro benzene ring substituents is 2. The lowest BCUT2D eigenvalue weighted by Crippen LogP contribution is -2.49. The molecule has 180 valence electrons. The molecule has 1 N–H and O–H groups in total. The van der Waals surface area contributed by atoms with Crippen LogP contribution in [0.2, 0.25) is 0 Å². The van der Waals surface area contributed by atoms with Crippen LogP contribution < -0.4 is 10.2 Å². The summed E-state index contributed by atoms with van der Waals surface area (Å²) in [5.74, 6) is 0.688. The van der Waals surface area contributed by atoms with Gasteiger partial charge >= 0.3 is 0 Å². The van der Waals surface area contributed by atoms with Crippen LogP contribution in [0.5, 0.6) is 0 Å². The molecular formula is C23H23N7O5. The predicted octanol–water partition coefficient (Wildman–Crippen LogP) is 3.62. The predicted molar refractivity (Wildman–Crippen MR) is 129 cm³/mol. The van der Waals surface area contributed by atoms with Crippen LogP contribution in [0.1, 0.15) is 21.6 Å². The molecule has 4 rings (SSSR count). The van der Waals surface area contributed by atoms with Crippen molar-refractivity contribution in [2.75, 3.05) is 36.4 Å². The second kappa shape index (κ2) is 9.71. The lowest BCUT2D eigenvalue weighted by molar-refractivity contribution is -0.394. The summed E-state index contributed by atoms with van der Waals surface area (Å²) in [5.41, 5.74) is 1.73. The molecule has 0 aliphatic carbocycles. The summed E-state index contributed by atoms with van der Waals surface area (Å²) in [4.78, 5) is 46.4. The summed E-state index contributed by atoms with van der Waals surface area (Å²) in [6, 6.07) is 12.7. The van der Waals surface area contributed by atoms with Gasteiger partial charge < -0.3 is 15.1 Å². The molecular weight excluding hydrogens is 454 g/mol. The SMILES string of the molecule is Cc1ccc(Nc2nc(C)cc(N3CCN(C(=O)c4cc([N+](=O)[O-])cc([N+](=O)[O-])c4)CC3)n2)cc1. The fraction of sp³-hybridized carbons (Fsp3) is 0.261. The molecule has 3 aromatic rings. The van der Waals surface area contributed by atoms with Crippen molar-refractivity contribution in [3.05, 3.63) is 85.6 Å². The molecule has 12 heteroatoms. The maximum atomic E-state index is 13.0. The standard InChI is InChI=1S/C23H23N7O5/c1-15-3-5-18(6-4-15)25-23-24-16(2)11-21(26-23)27-7-9-28(10-8-27)22(31)17-12-19(29(32)33)14-20(13-17)30(34)35/h3-6,11-14H,7-10H2,1-2H3,(H,24,25,26). The Morgan fingerprint density at radius 2 is 1.49 bits per heavy atom. The highest BCUT2D eigenvalue weighted by Crippen LogP contribution is 2.25. The van der Waals surface area contributed by atoms with Crippen molar-refractivity contribution in [2.45, 2.75) is 13.8 Å². The zero-order chi connectivity index (χ0) is 25.1. The minimum atomic E-state index is -0.749. The van der Waals surface area contributed by atoms with Gasteiger partial charge in [-0.05, 0) is 26.0 Å². The highest BCUT2D eigenvalue weighted by molar-refractivity contribution is 5.95. The third-order valence-electron chi connectivity index (χ3n) is 5.61. The molecule has 1 amide bonds. The van der Waals surface area contributed by atoms with E-state index in [1.807, 2.05) is 49.1 Å². The second-order valence-electron chi connectivity index (χ2n) is 8.21. The number of rotatable bonds is 6. The van der Waals surface area contributed by atoms with E-state index in [-0.39, 0.29) is 5.56 Å². The van der Waals surface area contributed by atoms with E-state index in [0.29, 0.717) is 37.9 Å². The summed E-state index contributed by atoms with van der Waals surface area (Å²) in [7, 11) is 0. The Morgan fingerprint density at radius 3 is 2.06 bits per heavy atom. The molecule has 2 aromatic carbocycles. The van der Waals surface area contributed by atoms with E-state index >= 15 is 0 Å². The van der Waals surface area contributed by atoms with Crippen LogP contribution in [-0.4, -0.2) is 56.8 Å². The first-order valence-electron chi connectivity index (χ1n) is 10.9. The molecule has 0 bridgehead atoms. The van der Waals surface area contributed by atoms with Crippen molar-refractivity contribution in [3.8, 4) is 0 Å². The smallest absolute Gasteiger partial charge is 0.277 e. The molecule has 0 radical (unpaired) electrons. The van der Waals surface area contributed by atoms with Gasteiger partial charge in [-0.3, -0.25) is 25.0 Å². The van der Waals surface area contributed by atoms with Crippen LogP contribution in [0.25, 0.3) is 0 Å². The molecule has 2 heterocycles. The first kappa shape index (κ1) is 23.5. The molecule has 1 fully saturated rings. The third-order valence-corrected chi connectivity index (χ3v) is 5.61. The van der Waals surface area contributed by atoms with Crippen molar-refractivity contribution in [1.82, 2.24) is 14.9 Å². The zero-order valence-electron chi connectivity index (χ0n) is 19.2. The van der Waals surface area contributed by atoms with Gasteiger partial charge in [0.25, 0.3) is 17.3 Å². The average molecular weight is 477 g/mol. The Labute approximate surface area is 200 Å². The van der Waals surface area contributed by atoms with E-state index in [1.54, 1.807) is 0 Å². The number of nitrogens with zero attached hydrogens (tertiary/aromatic N) is 6. The van der Waals surface area contributed by atoms with E-state index in [1.165, 1.54) is 4.90 Å². The van der Waals surface area contributed by atoms with Crippen LogP contribution >= 0.6 is 0 Å². The zero-order valence-corrected chi connectivity index (χ0v) is 19.2. The number of hydrogen-bond acceptors (Lipinski definition) is 9. The van der Waals surface area contributed by atoms with E-state index in [0.717, 1.165) is 35.1 Å². The van der Waals surface area contributed by atoms with Gasteiger partial charge in [0, 0.05) is 55.8 Å². The Bertz CT molecular complexity index is 1260. The lowest BCUT2D eigenvalue weighted by Gasteiger charge is -2.35. The summed E-state index contributed by atoms with van der Waals surface area (Å²) in [6.45, 7) is 5.50. The lowest BCUT2D eigenvalue weighted by atomic mass is 10.1. The second-order valence-corrected chi connectivity index (χ2v) is 8.21. The molecule has 12 nitrogen and oxygen atoms in total. The van der Waals surface area contributed by atoms with E-state index in [9.17, 15) is 25.0 Å². The van der Waals surface area contributed by atoms with Crippen molar-refractivity contribution in [1.29, 1.82) is 0 Å². The number of aryl methyl sites for hydroxylation is 2. The molecule has 0 saturated carbocycles. The number of anilines is 3. The number of nitro groups is 2. The monoisotopic (exact) mass is 477 g/mol. The minimum absolute atomic E-state index is 0.0817. The Kier molecular flexibility index (Phi) is 6.53. The molecule has 1 aliphatic heterocycles. The number of aromatic nitrogens is 2. The largest absolute Gasteiger partial charge is 0.353 e. The number of piperazine rings is 1. The van der Waals surface area contributed by atoms with E-state index < -0.39 is 27.1 Å². The molecule has 1 aliphatic rings. The van der Waals surface area contributed by atoms with E-state index in [4.69, 9.17) is 0 Å². The van der Waals surface area contributed by atoms with Crippen molar-refractivity contribution in [2.24, 2.45) is 0 Å². The first-order valence-corrected chi connectivity index (χ1v) is 10.9. The number of hydrogen-bond donors (Lipinski definition) is 1. The van der Waals surface area contributed by atoms with Crippen LogP contribution in [0, 0.1) is 34.1 Å². The van der Waals surface area contributed by atoms with Gasteiger partial charge in [-0.2, -0.15) is 4.98 Å². The highest BCUT2D eigenvalue weighted by atomic mass is 16.6. The first-order chi connectivity index (χ1) is 16.7. The topological polar surface area (TPSA) is 148 Å². The fourth-order valence-corrected chi connectivity index (χ4v) is 3.79. The van der Waals surface area contributed by atoms with Crippen molar-refractivity contribution in [3.63, 3.8) is 0 Å². The quantitative estimate of drug-likeness (QED) is 0.415. The maximum Gasteiger partial charge on any atom is 0.277 e. The van der Waals surface area contributed by atoms with Gasteiger partial charge in [0.05, 0.1) is 21.5 Å². The van der Waals surface area contributed by atoms with Gasteiger partial charge in [0.2, 0.25) is 5.95 Å².